The molecule has 0 bridgehead atoms. The monoisotopic (exact) mass is 255 g/mol. The van der Waals surface area contributed by atoms with Gasteiger partial charge in [0, 0.05) is 41.1 Å². The summed E-state index contributed by atoms with van der Waals surface area (Å²) in [5, 5.41) is 5.79. The van der Waals surface area contributed by atoms with Gasteiger partial charge < -0.3 is 11.1 Å². The third kappa shape index (κ3) is 2.14. The number of pyridine rings is 1. The lowest BCUT2D eigenvalue weighted by molar-refractivity contribution is 0.380. The van der Waals surface area contributed by atoms with Gasteiger partial charge in [-0.15, -0.1) is 0 Å². The second-order valence-electron chi connectivity index (χ2n) is 5.99. The van der Waals surface area contributed by atoms with Gasteiger partial charge in [-0.05, 0) is 42.4 Å². The quantitative estimate of drug-likeness (QED) is 0.820. The summed E-state index contributed by atoms with van der Waals surface area (Å²) in [6, 6.07) is 6.01. The van der Waals surface area contributed by atoms with E-state index in [1.807, 2.05) is 18.3 Å². The zero-order chi connectivity index (χ0) is 13.5. The minimum absolute atomic E-state index is 0.496. The summed E-state index contributed by atoms with van der Waals surface area (Å²) in [7, 11) is 0. The number of nitrogen functional groups attached to an aromatic ring is 1. The Labute approximate surface area is 114 Å². The maximum Gasteiger partial charge on any atom is 0.0437 e. The molecule has 1 aromatic heterocycles. The van der Waals surface area contributed by atoms with E-state index in [0.717, 1.165) is 34.6 Å². The van der Waals surface area contributed by atoms with Crippen molar-refractivity contribution in [2.75, 3.05) is 17.6 Å². The molecule has 19 heavy (non-hydrogen) atoms. The number of anilines is 2. The van der Waals surface area contributed by atoms with E-state index in [9.17, 15) is 0 Å². The molecule has 0 spiro atoms. The van der Waals surface area contributed by atoms with Gasteiger partial charge in [-0.1, -0.05) is 13.8 Å². The van der Waals surface area contributed by atoms with Crippen LogP contribution in [0.3, 0.4) is 0 Å². The number of fused-ring (bicyclic) bond motifs is 1. The molecule has 1 fully saturated rings. The molecule has 3 heteroatoms. The van der Waals surface area contributed by atoms with Crippen molar-refractivity contribution in [1.82, 2.24) is 4.98 Å². The Morgan fingerprint density at radius 3 is 2.74 bits per heavy atom. The first-order valence-corrected chi connectivity index (χ1v) is 6.98. The van der Waals surface area contributed by atoms with E-state index in [2.05, 4.69) is 30.2 Å². The summed E-state index contributed by atoms with van der Waals surface area (Å²) in [6.45, 7) is 5.67. The van der Waals surface area contributed by atoms with Crippen LogP contribution >= 0.6 is 0 Å². The molecule has 0 amide bonds. The van der Waals surface area contributed by atoms with E-state index in [4.69, 9.17) is 5.73 Å². The third-order valence-corrected chi connectivity index (χ3v) is 4.60. The van der Waals surface area contributed by atoms with Crippen LogP contribution < -0.4 is 11.1 Å². The molecule has 3 N–H and O–H groups in total. The summed E-state index contributed by atoms with van der Waals surface area (Å²) in [5.41, 5.74) is 8.46. The Kier molecular flexibility index (Phi) is 2.85. The highest BCUT2D eigenvalue weighted by Crippen LogP contribution is 2.51. The van der Waals surface area contributed by atoms with E-state index >= 15 is 0 Å². The zero-order valence-electron chi connectivity index (χ0n) is 11.6. The number of hydrogen-bond donors (Lipinski definition) is 2. The molecule has 1 heterocycles. The van der Waals surface area contributed by atoms with E-state index in [1.165, 1.54) is 12.8 Å². The zero-order valence-corrected chi connectivity index (χ0v) is 11.6. The summed E-state index contributed by atoms with van der Waals surface area (Å²) in [6.07, 6.45) is 6.35. The lowest BCUT2D eigenvalue weighted by Crippen LogP contribution is -2.21. The Morgan fingerprint density at radius 1 is 1.26 bits per heavy atom. The van der Waals surface area contributed by atoms with Crippen molar-refractivity contribution >= 4 is 22.1 Å². The molecule has 100 valence electrons. The third-order valence-electron chi connectivity index (χ3n) is 4.60. The summed E-state index contributed by atoms with van der Waals surface area (Å²) < 4.78 is 0. The van der Waals surface area contributed by atoms with Gasteiger partial charge in [-0.2, -0.15) is 0 Å². The predicted molar refractivity (Wildman–Crippen MR) is 81.2 cm³/mol. The Hall–Kier alpha value is -1.77. The van der Waals surface area contributed by atoms with Gasteiger partial charge in [-0.25, -0.2) is 0 Å². The highest BCUT2D eigenvalue weighted by molar-refractivity contribution is 6.00. The first-order chi connectivity index (χ1) is 9.12. The van der Waals surface area contributed by atoms with Crippen LogP contribution in [0.15, 0.2) is 30.6 Å². The van der Waals surface area contributed by atoms with Crippen molar-refractivity contribution in [3.63, 3.8) is 0 Å². The maximum absolute atomic E-state index is 6.01. The van der Waals surface area contributed by atoms with Crippen LogP contribution in [0.2, 0.25) is 0 Å². The smallest absolute Gasteiger partial charge is 0.0437 e. The molecular formula is C16H21N3. The van der Waals surface area contributed by atoms with E-state index in [-0.39, 0.29) is 0 Å². The summed E-state index contributed by atoms with van der Waals surface area (Å²) in [4.78, 5) is 4.21. The standard InChI is InChI=1S/C16H21N3/c1-11(2)16(6-7-16)10-19-15-4-3-14(17)12-5-8-18-9-13(12)15/h3-5,8-9,11,19H,6-7,10,17H2,1-2H3. The molecule has 1 aliphatic rings. The fraction of sp³-hybridized carbons (Fsp3) is 0.438. The average Bonchev–Trinajstić information content (AvgIpc) is 3.20. The molecule has 2 aromatic rings. The minimum atomic E-state index is 0.496. The number of rotatable bonds is 4. The van der Waals surface area contributed by atoms with Gasteiger partial charge in [0.25, 0.3) is 0 Å². The largest absolute Gasteiger partial charge is 0.398 e. The molecule has 0 saturated heterocycles. The van der Waals surface area contributed by atoms with Crippen LogP contribution in [-0.4, -0.2) is 11.5 Å². The topological polar surface area (TPSA) is 50.9 Å². The van der Waals surface area contributed by atoms with Crippen molar-refractivity contribution < 1.29 is 0 Å². The molecule has 0 atom stereocenters. The van der Waals surface area contributed by atoms with Gasteiger partial charge in [0.1, 0.15) is 0 Å². The molecule has 0 unspecified atom stereocenters. The second kappa shape index (κ2) is 4.41. The number of nitrogens with zero attached hydrogens (tertiary/aromatic N) is 1. The van der Waals surface area contributed by atoms with Crippen LogP contribution in [0.5, 0.6) is 0 Å². The van der Waals surface area contributed by atoms with Crippen molar-refractivity contribution in [2.45, 2.75) is 26.7 Å². The lowest BCUT2D eigenvalue weighted by atomic mass is 9.92. The van der Waals surface area contributed by atoms with Crippen LogP contribution in [0.1, 0.15) is 26.7 Å². The molecule has 1 aromatic carbocycles. The van der Waals surface area contributed by atoms with Gasteiger partial charge in [0.15, 0.2) is 0 Å². The van der Waals surface area contributed by atoms with Crippen LogP contribution in [0.4, 0.5) is 11.4 Å². The fourth-order valence-corrected chi connectivity index (χ4v) is 2.76. The fourth-order valence-electron chi connectivity index (χ4n) is 2.76. The Bertz CT molecular complexity index is 600. The van der Waals surface area contributed by atoms with E-state index in [0.29, 0.717) is 5.41 Å². The van der Waals surface area contributed by atoms with Crippen molar-refractivity contribution in [1.29, 1.82) is 0 Å². The van der Waals surface area contributed by atoms with E-state index < -0.39 is 0 Å². The van der Waals surface area contributed by atoms with Gasteiger partial charge in [0.2, 0.25) is 0 Å². The minimum Gasteiger partial charge on any atom is -0.398 e. The maximum atomic E-state index is 6.01. The highest BCUT2D eigenvalue weighted by atomic mass is 14.9. The van der Waals surface area contributed by atoms with Gasteiger partial charge in [-0.3, -0.25) is 4.98 Å². The van der Waals surface area contributed by atoms with Crippen LogP contribution in [0, 0.1) is 11.3 Å². The molecule has 0 aliphatic heterocycles. The molecule has 3 rings (SSSR count). The number of benzene rings is 1. The first-order valence-electron chi connectivity index (χ1n) is 6.98. The average molecular weight is 255 g/mol. The number of nitrogens with one attached hydrogen (secondary N) is 1. The van der Waals surface area contributed by atoms with Gasteiger partial charge >= 0.3 is 0 Å². The molecule has 3 nitrogen and oxygen atoms in total. The first kappa shape index (κ1) is 12.3. The normalized spacial score (nSPS) is 16.8. The molecule has 0 radical (unpaired) electrons. The molecule has 1 aliphatic carbocycles. The van der Waals surface area contributed by atoms with Crippen LogP contribution in [-0.2, 0) is 0 Å². The summed E-state index contributed by atoms with van der Waals surface area (Å²) >= 11 is 0. The Morgan fingerprint density at radius 2 is 2.05 bits per heavy atom. The predicted octanol–water partition coefficient (Wildman–Crippen LogP) is 3.67. The van der Waals surface area contributed by atoms with Crippen LogP contribution in [0.25, 0.3) is 10.8 Å². The van der Waals surface area contributed by atoms with Gasteiger partial charge in [0.05, 0.1) is 0 Å². The number of hydrogen-bond acceptors (Lipinski definition) is 3. The SMILES string of the molecule is CC(C)C1(CNc2ccc(N)c3ccncc23)CC1. The van der Waals surface area contributed by atoms with Crippen molar-refractivity contribution in [3.05, 3.63) is 30.6 Å². The van der Waals surface area contributed by atoms with Crippen molar-refractivity contribution in [2.24, 2.45) is 11.3 Å². The number of aromatic nitrogens is 1. The molecular weight excluding hydrogens is 234 g/mol. The second-order valence-corrected chi connectivity index (χ2v) is 5.99. The van der Waals surface area contributed by atoms with E-state index in [1.54, 1.807) is 6.20 Å². The number of nitrogens with two attached hydrogens (primary N) is 1. The molecule has 1 saturated carbocycles. The lowest BCUT2D eigenvalue weighted by Gasteiger charge is -2.21. The highest BCUT2D eigenvalue weighted by Gasteiger charge is 2.44. The van der Waals surface area contributed by atoms with Crippen molar-refractivity contribution in [3.8, 4) is 0 Å². The Balaban J connectivity index is 1.88. The summed E-state index contributed by atoms with van der Waals surface area (Å²) in [5.74, 6) is 0.734.